The minimum Gasteiger partial charge on any atom is -0.377 e. The van der Waals surface area contributed by atoms with Gasteiger partial charge in [0, 0.05) is 12.6 Å². The molecule has 2 nitrogen and oxygen atoms in total. The normalized spacial score (nSPS) is 14.7. The molecule has 0 aromatic rings. The van der Waals surface area contributed by atoms with E-state index in [1.54, 1.807) is 0 Å². The van der Waals surface area contributed by atoms with Gasteiger partial charge in [-0.3, -0.25) is 0 Å². The van der Waals surface area contributed by atoms with E-state index in [0.717, 1.165) is 19.6 Å². The minimum atomic E-state index is 0.396. The topological polar surface area (TPSA) is 21.3 Å². The third-order valence-corrected chi connectivity index (χ3v) is 3.51. The van der Waals surface area contributed by atoms with Gasteiger partial charge in [0.25, 0.3) is 0 Å². The van der Waals surface area contributed by atoms with E-state index in [-0.39, 0.29) is 0 Å². The Morgan fingerprint density at radius 2 is 1.61 bits per heavy atom. The highest BCUT2D eigenvalue weighted by atomic mass is 16.5. The molecule has 110 valence electrons. The summed E-state index contributed by atoms with van der Waals surface area (Å²) in [5.41, 5.74) is 0. The summed E-state index contributed by atoms with van der Waals surface area (Å²) in [5.74, 6) is 0. The molecule has 2 unspecified atom stereocenters. The average Bonchev–Trinajstić information content (AvgIpc) is 2.39. The van der Waals surface area contributed by atoms with Gasteiger partial charge in [-0.2, -0.15) is 0 Å². The van der Waals surface area contributed by atoms with Gasteiger partial charge in [0.05, 0.1) is 6.10 Å². The Kier molecular flexibility index (Phi) is 13.3. The molecule has 0 rings (SSSR count). The lowest BCUT2D eigenvalue weighted by molar-refractivity contribution is 0.0290. The molecule has 0 aliphatic heterocycles. The molecule has 0 aromatic carbocycles. The Morgan fingerprint density at radius 1 is 0.889 bits per heavy atom. The van der Waals surface area contributed by atoms with Gasteiger partial charge in [-0.05, 0) is 32.7 Å². The number of rotatable bonds is 13. The zero-order valence-electron chi connectivity index (χ0n) is 13.1. The molecule has 0 bridgehead atoms. The molecule has 1 N–H and O–H groups in total. The van der Waals surface area contributed by atoms with E-state index in [1.165, 1.54) is 44.9 Å². The summed E-state index contributed by atoms with van der Waals surface area (Å²) in [6.07, 6.45) is 10.8. The monoisotopic (exact) mass is 257 g/mol. The van der Waals surface area contributed by atoms with Gasteiger partial charge < -0.3 is 10.1 Å². The minimum absolute atomic E-state index is 0.396. The Morgan fingerprint density at radius 3 is 2.17 bits per heavy atom. The van der Waals surface area contributed by atoms with Crippen LogP contribution < -0.4 is 5.32 Å². The SMILES string of the molecule is CCCCCCCC(NCCC)C(CC)OCC. The van der Waals surface area contributed by atoms with Crippen molar-refractivity contribution in [1.82, 2.24) is 5.32 Å². The van der Waals surface area contributed by atoms with Crippen LogP contribution in [0.25, 0.3) is 0 Å². The van der Waals surface area contributed by atoms with Gasteiger partial charge in [0.2, 0.25) is 0 Å². The molecule has 0 radical (unpaired) electrons. The first-order chi connectivity index (χ1) is 8.79. The van der Waals surface area contributed by atoms with Gasteiger partial charge >= 0.3 is 0 Å². The molecule has 0 aliphatic carbocycles. The summed E-state index contributed by atoms with van der Waals surface area (Å²) < 4.78 is 5.87. The summed E-state index contributed by atoms with van der Waals surface area (Å²) >= 11 is 0. The van der Waals surface area contributed by atoms with Gasteiger partial charge in [-0.25, -0.2) is 0 Å². The fourth-order valence-electron chi connectivity index (χ4n) is 2.45. The molecule has 0 aliphatic rings. The highest BCUT2D eigenvalue weighted by Crippen LogP contribution is 2.13. The maximum Gasteiger partial charge on any atom is 0.0725 e. The largest absolute Gasteiger partial charge is 0.377 e. The zero-order valence-corrected chi connectivity index (χ0v) is 13.1. The molecular formula is C16H35NO. The molecule has 0 fully saturated rings. The molecule has 2 heteroatoms. The number of ether oxygens (including phenoxy) is 1. The first kappa shape index (κ1) is 17.9. The molecule has 0 aromatic heterocycles. The van der Waals surface area contributed by atoms with E-state index < -0.39 is 0 Å². The van der Waals surface area contributed by atoms with E-state index >= 15 is 0 Å². The predicted octanol–water partition coefficient (Wildman–Crippen LogP) is 4.53. The lowest BCUT2D eigenvalue weighted by Gasteiger charge is -2.27. The van der Waals surface area contributed by atoms with Crippen molar-refractivity contribution in [3.05, 3.63) is 0 Å². The van der Waals surface area contributed by atoms with Crippen LogP contribution in [0.3, 0.4) is 0 Å². The van der Waals surface area contributed by atoms with Crippen molar-refractivity contribution in [2.45, 2.75) is 91.2 Å². The van der Waals surface area contributed by atoms with E-state index in [4.69, 9.17) is 4.74 Å². The molecular weight excluding hydrogens is 222 g/mol. The highest BCUT2D eigenvalue weighted by molar-refractivity contribution is 4.76. The lowest BCUT2D eigenvalue weighted by Crippen LogP contribution is -2.41. The first-order valence-electron chi connectivity index (χ1n) is 8.14. The molecule has 0 heterocycles. The Bertz CT molecular complexity index is 161. The van der Waals surface area contributed by atoms with E-state index in [1.807, 2.05) is 0 Å². The average molecular weight is 257 g/mol. The Hall–Kier alpha value is -0.0800. The second-order valence-corrected chi connectivity index (χ2v) is 5.17. The maximum absolute atomic E-state index is 5.87. The van der Waals surface area contributed by atoms with E-state index in [2.05, 4.69) is 33.0 Å². The summed E-state index contributed by atoms with van der Waals surface area (Å²) in [4.78, 5) is 0. The van der Waals surface area contributed by atoms with Crippen molar-refractivity contribution >= 4 is 0 Å². The maximum atomic E-state index is 5.87. The Labute approximate surface area is 115 Å². The third kappa shape index (κ3) is 8.93. The highest BCUT2D eigenvalue weighted by Gasteiger charge is 2.18. The number of unbranched alkanes of at least 4 members (excludes halogenated alkanes) is 4. The molecule has 18 heavy (non-hydrogen) atoms. The number of hydrogen-bond acceptors (Lipinski definition) is 2. The van der Waals surface area contributed by atoms with Crippen molar-refractivity contribution in [1.29, 1.82) is 0 Å². The van der Waals surface area contributed by atoms with Gasteiger partial charge in [-0.15, -0.1) is 0 Å². The predicted molar refractivity (Wildman–Crippen MR) is 81.2 cm³/mol. The lowest BCUT2D eigenvalue weighted by atomic mass is 10.00. The van der Waals surface area contributed by atoms with Crippen LogP contribution in [0.2, 0.25) is 0 Å². The van der Waals surface area contributed by atoms with Crippen LogP contribution in [0.4, 0.5) is 0 Å². The van der Waals surface area contributed by atoms with Crippen molar-refractivity contribution in [2.75, 3.05) is 13.2 Å². The van der Waals surface area contributed by atoms with Crippen LogP contribution in [0, 0.1) is 0 Å². The zero-order chi connectivity index (χ0) is 13.6. The second-order valence-electron chi connectivity index (χ2n) is 5.17. The van der Waals surface area contributed by atoms with Gasteiger partial charge in [0.1, 0.15) is 0 Å². The Balaban J connectivity index is 3.95. The molecule has 2 atom stereocenters. The summed E-state index contributed by atoms with van der Waals surface area (Å²) in [6, 6.07) is 0.552. The molecule has 0 saturated carbocycles. The summed E-state index contributed by atoms with van der Waals surface area (Å²) in [6.45, 7) is 10.8. The first-order valence-corrected chi connectivity index (χ1v) is 8.14. The van der Waals surface area contributed by atoms with Crippen LogP contribution in [0.1, 0.15) is 79.1 Å². The van der Waals surface area contributed by atoms with Crippen LogP contribution in [0.15, 0.2) is 0 Å². The van der Waals surface area contributed by atoms with Gasteiger partial charge in [-0.1, -0.05) is 52.9 Å². The third-order valence-electron chi connectivity index (χ3n) is 3.51. The standard InChI is InChI=1S/C16H35NO/c1-5-9-10-11-12-13-15(17-14-6-2)16(7-3)18-8-4/h15-17H,5-14H2,1-4H3. The van der Waals surface area contributed by atoms with Gasteiger partial charge in [0.15, 0.2) is 0 Å². The fraction of sp³-hybridized carbons (Fsp3) is 1.00. The van der Waals surface area contributed by atoms with Crippen LogP contribution in [-0.4, -0.2) is 25.3 Å². The van der Waals surface area contributed by atoms with Crippen LogP contribution >= 0.6 is 0 Å². The molecule has 0 spiro atoms. The van der Waals surface area contributed by atoms with E-state index in [0.29, 0.717) is 12.1 Å². The van der Waals surface area contributed by atoms with Crippen molar-refractivity contribution in [3.63, 3.8) is 0 Å². The fourth-order valence-corrected chi connectivity index (χ4v) is 2.45. The number of nitrogens with one attached hydrogen (secondary N) is 1. The van der Waals surface area contributed by atoms with Crippen molar-refractivity contribution < 1.29 is 4.74 Å². The summed E-state index contributed by atoms with van der Waals surface area (Å²) in [7, 11) is 0. The smallest absolute Gasteiger partial charge is 0.0725 e. The number of hydrogen-bond donors (Lipinski definition) is 1. The second kappa shape index (κ2) is 13.4. The molecule has 0 amide bonds. The molecule has 0 saturated heterocycles. The van der Waals surface area contributed by atoms with Crippen molar-refractivity contribution in [2.24, 2.45) is 0 Å². The van der Waals surface area contributed by atoms with Crippen LogP contribution in [-0.2, 0) is 4.74 Å². The quantitative estimate of drug-likeness (QED) is 0.489. The van der Waals surface area contributed by atoms with Crippen molar-refractivity contribution in [3.8, 4) is 0 Å². The summed E-state index contributed by atoms with van der Waals surface area (Å²) in [5, 5.41) is 3.67. The van der Waals surface area contributed by atoms with Crippen LogP contribution in [0.5, 0.6) is 0 Å². The van der Waals surface area contributed by atoms with E-state index in [9.17, 15) is 0 Å².